The van der Waals surface area contributed by atoms with Crippen molar-refractivity contribution in [2.45, 2.75) is 13.0 Å². The number of methoxy groups -OCH3 is 1. The summed E-state index contributed by atoms with van der Waals surface area (Å²) in [7, 11) is 7.64. The highest BCUT2D eigenvalue weighted by Crippen LogP contribution is 2.30. The van der Waals surface area contributed by atoms with Crippen LogP contribution in [-0.4, -0.2) is 42.3 Å². The lowest BCUT2D eigenvalue weighted by Crippen LogP contribution is -2.17. The first-order valence-electron chi connectivity index (χ1n) is 6.49. The van der Waals surface area contributed by atoms with Crippen LogP contribution in [0, 0.1) is 0 Å². The van der Waals surface area contributed by atoms with E-state index in [2.05, 4.69) is 15.3 Å². The number of thiazole rings is 1. The molecule has 0 aromatic carbocycles. The van der Waals surface area contributed by atoms with E-state index in [4.69, 9.17) is 4.74 Å². The summed E-state index contributed by atoms with van der Waals surface area (Å²) in [5.41, 5.74) is 0. The van der Waals surface area contributed by atoms with Crippen LogP contribution >= 0.6 is 11.3 Å². The third kappa shape index (κ3) is 3.49. The minimum atomic E-state index is 0.711. The molecule has 1 N–H and O–H groups in total. The fraction of sp³-hybridized carbons (Fsp3) is 0.538. The van der Waals surface area contributed by atoms with Crippen LogP contribution in [0.1, 0.15) is 10.7 Å². The van der Waals surface area contributed by atoms with Crippen LogP contribution in [0.4, 0.5) is 5.13 Å². The Labute approximate surface area is 123 Å². The molecular formula is C13H21N5OS. The highest BCUT2D eigenvalue weighted by atomic mass is 32.1. The summed E-state index contributed by atoms with van der Waals surface area (Å²) < 4.78 is 7.36. The highest BCUT2D eigenvalue weighted by molar-refractivity contribution is 7.15. The van der Waals surface area contributed by atoms with Gasteiger partial charge in [-0.2, -0.15) is 4.98 Å². The molecule has 0 bridgehead atoms. The zero-order valence-corrected chi connectivity index (χ0v) is 13.2. The maximum Gasteiger partial charge on any atom is 0.230 e. The quantitative estimate of drug-likeness (QED) is 0.780. The summed E-state index contributed by atoms with van der Waals surface area (Å²) in [5.74, 6) is 1.80. The van der Waals surface area contributed by atoms with Gasteiger partial charge < -0.3 is 19.5 Å². The van der Waals surface area contributed by atoms with Gasteiger partial charge in [-0.15, -0.1) is 0 Å². The van der Waals surface area contributed by atoms with Gasteiger partial charge in [-0.3, -0.25) is 0 Å². The van der Waals surface area contributed by atoms with Gasteiger partial charge in [-0.05, 0) is 0 Å². The SMILES string of the molecule is COc1nc(N(C)C)sc1CNCCc1nccn1C. The molecule has 0 fully saturated rings. The van der Waals surface area contributed by atoms with Crippen molar-refractivity contribution in [2.24, 2.45) is 7.05 Å². The molecule has 0 radical (unpaired) electrons. The summed E-state index contributed by atoms with van der Waals surface area (Å²) in [6.07, 6.45) is 4.70. The first-order valence-corrected chi connectivity index (χ1v) is 7.31. The van der Waals surface area contributed by atoms with E-state index in [9.17, 15) is 0 Å². The van der Waals surface area contributed by atoms with E-state index >= 15 is 0 Å². The number of hydrogen-bond donors (Lipinski definition) is 1. The van der Waals surface area contributed by atoms with Gasteiger partial charge >= 0.3 is 0 Å². The van der Waals surface area contributed by atoms with Gasteiger partial charge in [0.05, 0.1) is 12.0 Å². The molecule has 0 aliphatic rings. The second-order valence-electron chi connectivity index (χ2n) is 4.70. The van der Waals surface area contributed by atoms with Crippen molar-refractivity contribution in [3.05, 3.63) is 23.1 Å². The van der Waals surface area contributed by atoms with Crippen molar-refractivity contribution in [2.75, 3.05) is 32.6 Å². The van der Waals surface area contributed by atoms with Crippen molar-refractivity contribution < 1.29 is 4.74 Å². The lowest BCUT2D eigenvalue weighted by Gasteiger charge is -2.05. The van der Waals surface area contributed by atoms with Crippen LogP contribution in [0.5, 0.6) is 5.88 Å². The number of hydrogen-bond acceptors (Lipinski definition) is 6. The normalized spacial score (nSPS) is 10.8. The molecule has 0 saturated carbocycles. The molecule has 0 aliphatic heterocycles. The van der Waals surface area contributed by atoms with Gasteiger partial charge in [0, 0.05) is 53.0 Å². The van der Waals surface area contributed by atoms with E-state index in [0.29, 0.717) is 5.88 Å². The fourth-order valence-electron chi connectivity index (χ4n) is 1.83. The van der Waals surface area contributed by atoms with Gasteiger partial charge in [0.15, 0.2) is 5.13 Å². The van der Waals surface area contributed by atoms with E-state index in [1.165, 1.54) is 0 Å². The molecule has 2 heterocycles. The average molecular weight is 295 g/mol. The molecule has 0 aliphatic carbocycles. The largest absolute Gasteiger partial charge is 0.480 e. The predicted molar refractivity (Wildman–Crippen MR) is 81.6 cm³/mol. The Morgan fingerprint density at radius 3 is 2.85 bits per heavy atom. The molecule has 0 saturated heterocycles. The second-order valence-corrected chi connectivity index (χ2v) is 5.77. The molecule has 2 aromatic heterocycles. The molecule has 6 nitrogen and oxygen atoms in total. The number of ether oxygens (including phenoxy) is 1. The molecule has 2 aromatic rings. The van der Waals surface area contributed by atoms with Crippen LogP contribution in [0.3, 0.4) is 0 Å². The molecule has 0 spiro atoms. The van der Waals surface area contributed by atoms with E-state index < -0.39 is 0 Å². The minimum Gasteiger partial charge on any atom is -0.480 e. The maximum atomic E-state index is 5.31. The molecule has 0 atom stereocenters. The fourth-order valence-corrected chi connectivity index (χ4v) is 2.75. The Balaban J connectivity index is 1.86. The van der Waals surface area contributed by atoms with Gasteiger partial charge in [0.25, 0.3) is 0 Å². The van der Waals surface area contributed by atoms with Crippen LogP contribution < -0.4 is 15.0 Å². The van der Waals surface area contributed by atoms with Crippen LogP contribution in [0.15, 0.2) is 12.4 Å². The molecule has 0 unspecified atom stereocenters. The van der Waals surface area contributed by atoms with Crippen LogP contribution in [0.25, 0.3) is 0 Å². The van der Waals surface area contributed by atoms with Gasteiger partial charge in [0.1, 0.15) is 5.82 Å². The second kappa shape index (κ2) is 6.71. The summed E-state index contributed by atoms with van der Waals surface area (Å²) in [5, 5.41) is 4.37. The number of nitrogens with zero attached hydrogens (tertiary/aromatic N) is 4. The zero-order chi connectivity index (χ0) is 14.5. The van der Waals surface area contributed by atoms with Crippen LogP contribution in [0.2, 0.25) is 0 Å². The number of anilines is 1. The van der Waals surface area contributed by atoms with Gasteiger partial charge in [-0.1, -0.05) is 11.3 Å². The van der Waals surface area contributed by atoms with E-state index in [-0.39, 0.29) is 0 Å². The number of rotatable bonds is 7. The number of aryl methyl sites for hydroxylation is 1. The van der Waals surface area contributed by atoms with Crippen molar-refractivity contribution in [1.29, 1.82) is 0 Å². The summed E-state index contributed by atoms with van der Waals surface area (Å²) in [4.78, 5) is 11.9. The first-order chi connectivity index (χ1) is 9.61. The predicted octanol–water partition coefficient (Wildman–Crippen LogP) is 1.28. The standard InChI is InChI=1S/C13H21N5OS/c1-17(2)13-16-12(19-4)10(20-13)9-14-6-5-11-15-7-8-18(11)3/h7-8,14H,5-6,9H2,1-4H3. The van der Waals surface area contributed by atoms with Crippen molar-refractivity contribution in [1.82, 2.24) is 19.9 Å². The molecule has 2 rings (SSSR count). The minimum absolute atomic E-state index is 0.711. The number of imidazole rings is 1. The highest BCUT2D eigenvalue weighted by Gasteiger charge is 2.12. The molecule has 7 heteroatoms. The molecule has 110 valence electrons. The smallest absolute Gasteiger partial charge is 0.230 e. The Bertz CT molecular complexity index is 549. The Hall–Kier alpha value is -1.60. The lowest BCUT2D eigenvalue weighted by molar-refractivity contribution is 0.395. The Morgan fingerprint density at radius 2 is 2.25 bits per heavy atom. The zero-order valence-electron chi connectivity index (χ0n) is 12.4. The van der Waals surface area contributed by atoms with E-state index in [1.807, 2.05) is 43.0 Å². The summed E-state index contributed by atoms with van der Waals surface area (Å²) >= 11 is 1.65. The third-order valence-corrected chi connectivity index (χ3v) is 4.16. The number of aromatic nitrogens is 3. The Morgan fingerprint density at radius 1 is 1.45 bits per heavy atom. The number of nitrogens with one attached hydrogen (secondary N) is 1. The Kier molecular flexibility index (Phi) is 4.97. The first kappa shape index (κ1) is 14.8. The molecule has 0 amide bonds. The molecular weight excluding hydrogens is 274 g/mol. The maximum absolute atomic E-state index is 5.31. The molecule has 20 heavy (non-hydrogen) atoms. The van der Waals surface area contributed by atoms with Crippen molar-refractivity contribution in [3.8, 4) is 5.88 Å². The summed E-state index contributed by atoms with van der Waals surface area (Å²) in [6, 6.07) is 0. The van der Waals surface area contributed by atoms with Crippen LogP contribution in [-0.2, 0) is 20.0 Å². The third-order valence-electron chi connectivity index (χ3n) is 2.96. The van der Waals surface area contributed by atoms with Gasteiger partial charge in [0.2, 0.25) is 5.88 Å². The monoisotopic (exact) mass is 295 g/mol. The van der Waals surface area contributed by atoms with E-state index in [0.717, 1.165) is 35.3 Å². The van der Waals surface area contributed by atoms with E-state index in [1.54, 1.807) is 18.4 Å². The van der Waals surface area contributed by atoms with Crippen molar-refractivity contribution >= 4 is 16.5 Å². The topological polar surface area (TPSA) is 55.2 Å². The average Bonchev–Trinajstić information content (AvgIpc) is 3.01. The van der Waals surface area contributed by atoms with Crippen molar-refractivity contribution in [3.63, 3.8) is 0 Å². The lowest BCUT2D eigenvalue weighted by atomic mass is 10.4. The summed E-state index contributed by atoms with van der Waals surface area (Å²) in [6.45, 7) is 1.64. The van der Waals surface area contributed by atoms with Gasteiger partial charge in [-0.25, -0.2) is 4.98 Å².